The summed E-state index contributed by atoms with van der Waals surface area (Å²) in [5.74, 6) is -2.18. The molecule has 4 nitrogen and oxygen atoms in total. The number of benzene rings is 1. The minimum absolute atomic E-state index is 0.143. The van der Waals surface area contributed by atoms with Crippen molar-refractivity contribution in [3.63, 3.8) is 0 Å². The normalized spacial score (nSPS) is 17.5. The monoisotopic (exact) mass is 315 g/mol. The topological polar surface area (TPSA) is 55.4 Å². The van der Waals surface area contributed by atoms with E-state index in [0.29, 0.717) is 25.9 Å². The Bertz CT molecular complexity index is 584. The van der Waals surface area contributed by atoms with Gasteiger partial charge in [-0.15, -0.1) is 0 Å². The molecule has 0 saturated carbocycles. The Morgan fingerprint density at radius 3 is 2.73 bits per heavy atom. The summed E-state index contributed by atoms with van der Waals surface area (Å²) in [6, 6.07) is 4.90. The largest absolute Gasteiger partial charge is 0.471 e. The summed E-state index contributed by atoms with van der Waals surface area (Å²) in [5, 5.41) is 1.93. The molecule has 22 heavy (non-hydrogen) atoms. The molecule has 7 heteroatoms. The summed E-state index contributed by atoms with van der Waals surface area (Å²) < 4.78 is 42.0. The van der Waals surface area contributed by atoms with Crippen molar-refractivity contribution in [2.75, 3.05) is 11.9 Å². The van der Waals surface area contributed by atoms with E-state index in [1.165, 1.54) is 13.0 Å². The Balaban J connectivity index is 2.10. The third kappa shape index (κ3) is 3.99. The van der Waals surface area contributed by atoms with Crippen molar-refractivity contribution in [1.29, 1.82) is 0 Å². The SMILES string of the molecule is CC(=O)OCC1CCc2c(cccc2NC(=O)C(F)(F)F)C1. The Hall–Kier alpha value is -2.05. The van der Waals surface area contributed by atoms with Crippen LogP contribution in [0.1, 0.15) is 24.5 Å². The van der Waals surface area contributed by atoms with Crippen LogP contribution in [0, 0.1) is 5.92 Å². The zero-order chi connectivity index (χ0) is 16.3. The number of nitrogens with one attached hydrogen (secondary N) is 1. The number of hydrogen-bond donors (Lipinski definition) is 1. The van der Waals surface area contributed by atoms with Crippen LogP contribution in [0.4, 0.5) is 18.9 Å². The molecular formula is C15H16F3NO3. The van der Waals surface area contributed by atoms with Crippen LogP contribution in [0.5, 0.6) is 0 Å². The highest BCUT2D eigenvalue weighted by Gasteiger charge is 2.39. The van der Waals surface area contributed by atoms with Gasteiger partial charge >= 0.3 is 18.1 Å². The lowest BCUT2D eigenvalue weighted by atomic mass is 9.83. The predicted molar refractivity (Wildman–Crippen MR) is 73.3 cm³/mol. The molecule has 1 unspecified atom stereocenters. The van der Waals surface area contributed by atoms with E-state index in [2.05, 4.69) is 0 Å². The molecular weight excluding hydrogens is 299 g/mol. The number of anilines is 1. The first kappa shape index (κ1) is 16.3. The van der Waals surface area contributed by atoms with E-state index in [-0.39, 0.29) is 17.6 Å². The van der Waals surface area contributed by atoms with Crippen molar-refractivity contribution in [3.05, 3.63) is 29.3 Å². The van der Waals surface area contributed by atoms with Crippen molar-refractivity contribution in [2.24, 2.45) is 5.92 Å². The minimum Gasteiger partial charge on any atom is -0.466 e. The smallest absolute Gasteiger partial charge is 0.466 e. The summed E-state index contributed by atoms with van der Waals surface area (Å²) in [6.45, 7) is 1.63. The number of carbonyl (C=O) groups excluding carboxylic acids is 2. The maximum atomic E-state index is 12.3. The molecule has 0 aliphatic heterocycles. The number of carbonyl (C=O) groups is 2. The van der Waals surface area contributed by atoms with Crippen molar-refractivity contribution >= 4 is 17.6 Å². The van der Waals surface area contributed by atoms with Crippen LogP contribution in [0.15, 0.2) is 18.2 Å². The van der Waals surface area contributed by atoms with E-state index in [9.17, 15) is 22.8 Å². The highest BCUT2D eigenvalue weighted by Crippen LogP contribution is 2.32. The van der Waals surface area contributed by atoms with Gasteiger partial charge in [-0.1, -0.05) is 12.1 Å². The molecule has 0 fully saturated rings. The zero-order valence-electron chi connectivity index (χ0n) is 12.0. The number of alkyl halides is 3. The third-order valence-corrected chi connectivity index (χ3v) is 3.61. The minimum atomic E-state index is -4.91. The molecule has 1 atom stereocenters. The number of amides is 1. The Labute approximate surface area is 125 Å². The fraction of sp³-hybridized carbons (Fsp3) is 0.467. The first-order valence-corrected chi connectivity index (χ1v) is 6.89. The fourth-order valence-corrected chi connectivity index (χ4v) is 2.57. The Kier molecular flexibility index (Phi) is 4.73. The van der Waals surface area contributed by atoms with Gasteiger partial charge < -0.3 is 10.1 Å². The van der Waals surface area contributed by atoms with Gasteiger partial charge in [0.25, 0.3) is 0 Å². The van der Waals surface area contributed by atoms with Gasteiger partial charge in [-0.3, -0.25) is 9.59 Å². The number of hydrogen-bond acceptors (Lipinski definition) is 3. The second kappa shape index (κ2) is 6.37. The number of halogens is 3. The second-order valence-corrected chi connectivity index (χ2v) is 5.31. The lowest BCUT2D eigenvalue weighted by Gasteiger charge is -2.26. The molecule has 1 aliphatic carbocycles. The first-order chi connectivity index (χ1) is 10.3. The van der Waals surface area contributed by atoms with Gasteiger partial charge in [0, 0.05) is 12.6 Å². The average molecular weight is 315 g/mol. The quantitative estimate of drug-likeness (QED) is 0.873. The molecule has 1 aromatic rings. The van der Waals surface area contributed by atoms with Crippen LogP contribution in [-0.4, -0.2) is 24.7 Å². The molecule has 0 aromatic heterocycles. The van der Waals surface area contributed by atoms with E-state index in [0.717, 1.165) is 11.1 Å². The van der Waals surface area contributed by atoms with Crippen LogP contribution in [0.3, 0.4) is 0 Å². The summed E-state index contributed by atoms with van der Waals surface area (Å²) in [7, 11) is 0. The molecule has 0 heterocycles. The molecule has 0 radical (unpaired) electrons. The van der Waals surface area contributed by atoms with Crippen LogP contribution < -0.4 is 5.32 Å². The Morgan fingerprint density at radius 1 is 1.36 bits per heavy atom. The summed E-state index contributed by atoms with van der Waals surface area (Å²) in [6.07, 6.45) is -3.07. The maximum Gasteiger partial charge on any atom is 0.471 e. The first-order valence-electron chi connectivity index (χ1n) is 6.89. The maximum absolute atomic E-state index is 12.3. The number of rotatable bonds is 3. The van der Waals surface area contributed by atoms with Crippen molar-refractivity contribution < 1.29 is 27.5 Å². The van der Waals surface area contributed by atoms with Gasteiger partial charge in [0.15, 0.2) is 0 Å². The lowest BCUT2D eigenvalue weighted by Crippen LogP contribution is -2.31. The van der Waals surface area contributed by atoms with Crippen molar-refractivity contribution in [1.82, 2.24) is 0 Å². The number of esters is 1. The van der Waals surface area contributed by atoms with Gasteiger partial charge in [-0.2, -0.15) is 13.2 Å². The molecule has 1 aliphatic rings. The van der Waals surface area contributed by atoms with Gasteiger partial charge in [-0.05, 0) is 42.4 Å². The molecule has 0 bridgehead atoms. The Morgan fingerprint density at radius 2 is 2.09 bits per heavy atom. The van der Waals surface area contributed by atoms with Crippen molar-refractivity contribution in [3.8, 4) is 0 Å². The molecule has 120 valence electrons. The fourth-order valence-electron chi connectivity index (χ4n) is 2.57. The summed E-state index contributed by atoms with van der Waals surface area (Å²) in [5.41, 5.74) is 1.80. The molecule has 0 spiro atoms. The third-order valence-electron chi connectivity index (χ3n) is 3.61. The molecule has 1 amide bonds. The number of ether oxygens (including phenoxy) is 1. The van der Waals surface area contributed by atoms with Crippen LogP contribution in [-0.2, 0) is 27.2 Å². The van der Waals surface area contributed by atoms with E-state index >= 15 is 0 Å². The average Bonchev–Trinajstić information content (AvgIpc) is 2.44. The van der Waals surface area contributed by atoms with Gasteiger partial charge in [-0.25, -0.2) is 0 Å². The van der Waals surface area contributed by atoms with Gasteiger partial charge in [0.05, 0.1) is 6.61 Å². The van der Waals surface area contributed by atoms with Crippen LogP contribution >= 0.6 is 0 Å². The van der Waals surface area contributed by atoms with E-state index < -0.39 is 12.1 Å². The van der Waals surface area contributed by atoms with Crippen molar-refractivity contribution in [2.45, 2.75) is 32.4 Å². The molecule has 1 aromatic carbocycles. The van der Waals surface area contributed by atoms with Gasteiger partial charge in [0.1, 0.15) is 0 Å². The second-order valence-electron chi connectivity index (χ2n) is 5.31. The highest BCUT2D eigenvalue weighted by molar-refractivity contribution is 5.95. The standard InChI is InChI=1S/C15H16F3NO3/c1-9(20)22-8-10-5-6-12-11(7-10)3-2-4-13(12)19-14(21)15(16,17)18/h2-4,10H,5-8H2,1H3,(H,19,21). The highest BCUT2D eigenvalue weighted by atomic mass is 19.4. The van der Waals surface area contributed by atoms with Crippen LogP contribution in [0.25, 0.3) is 0 Å². The molecule has 2 rings (SSSR count). The van der Waals surface area contributed by atoms with E-state index in [1.54, 1.807) is 6.07 Å². The lowest BCUT2D eigenvalue weighted by molar-refractivity contribution is -0.167. The van der Waals surface area contributed by atoms with E-state index in [1.807, 2.05) is 11.4 Å². The number of fused-ring (bicyclic) bond motifs is 1. The molecule has 1 N–H and O–H groups in total. The summed E-state index contributed by atoms with van der Waals surface area (Å²) in [4.78, 5) is 21.9. The van der Waals surface area contributed by atoms with Crippen LogP contribution in [0.2, 0.25) is 0 Å². The molecule has 0 saturated heterocycles. The summed E-state index contributed by atoms with van der Waals surface area (Å²) >= 11 is 0. The predicted octanol–water partition coefficient (Wildman–Crippen LogP) is 2.86. The van der Waals surface area contributed by atoms with E-state index in [4.69, 9.17) is 4.74 Å². The zero-order valence-corrected chi connectivity index (χ0v) is 12.0. The van der Waals surface area contributed by atoms with Gasteiger partial charge in [0.2, 0.25) is 0 Å².